The quantitative estimate of drug-likeness (QED) is 0.606. The summed E-state index contributed by atoms with van der Waals surface area (Å²) < 4.78 is 0. The van der Waals surface area contributed by atoms with E-state index in [4.69, 9.17) is 0 Å². The lowest BCUT2D eigenvalue weighted by Crippen LogP contribution is -2.53. The van der Waals surface area contributed by atoms with Gasteiger partial charge in [-0.3, -0.25) is 4.90 Å². The SMILES string of the molecule is C=C1C2CCC(CN1C)N2C(C)C. The van der Waals surface area contributed by atoms with Crippen LogP contribution in [-0.4, -0.2) is 41.5 Å². The molecule has 0 radical (unpaired) electrons. The Morgan fingerprint density at radius 1 is 1.38 bits per heavy atom. The van der Waals surface area contributed by atoms with Crippen molar-refractivity contribution in [1.82, 2.24) is 9.80 Å². The Balaban J connectivity index is 2.21. The van der Waals surface area contributed by atoms with Gasteiger partial charge in [0.25, 0.3) is 0 Å². The second-order valence-corrected chi connectivity index (χ2v) is 4.66. The predicted molar refractivity (Wildman–Crippen MR) is 55.6 cm³/mol. The lowest BCUT2D eigenvalue weighted by molar-refractivity contribution is 0.0912. The summed E-state index contributed by atoms with van der Waals surface area (Å²) in [6, 6.07) is 2.08. The van der Waals surface area contributed by atoms with Gasteiger partial charge >= 0.3 is 0 Å². The van der Waals surface area contributed by atoms with Crippen LogP contribution in [0.15, 0.2) is 12.3 Å². The molecule has 74 valence electrons. The van der Waals surface area contributed by atoms with Crippen molar-refractivity contribution in [2.24, 2.45) is 0 Å². The van der Waals surface area contributed by atoms with E-state index in [0.717, 1.165) is 6.04 Å². The van der Waals surface area contributed by atoms with E-state index >= 15 is 0 Å². The highest BCUT2D eigenvalue weighted by molar-refractivity contribution is 5.14. The third kappa shape index (κ3) is 1.28. The van der Waals surface area contributed by atoms with Gasteiger partial charge in [0.1, 0.15) is 0 Å². The Kier molecular flexibility index (Phi) is 2.11. The molecule has 2 bridgehead atoms. The summed E-state index contributed by atoms with van der Waals surface area (Å²) >= 11 is 0. The zero-order valence-electron chi connectivity index (χ0n) is 8.95. The van der Waals surface area contributed by atoms with E-state index in [9.17, 15) is 0 Å². The molecule has 2 heterocycles. The minimum absolute atomic E-state index is 0.628. The van der Waals surface area contributed by atoms with Crippen LogP contribution in [-0.2, 0) is 0 Å². The van der Waals surface area contributed by atoms with Gasteiger partial charge in [0, 0.05) is 37.4 Å². The molecule has 2 aliphatic rings. The number of piperazine rings is 1. The lowest BCUT2D eigenvalue weighted by atomic mass is 10.1. The van der Waals surface area contributed by atoms with Crippen molar-refractivity contribution in [1.29, 1.82) is 0 Å². The minimum Gasteiger partial charge on any atom is -0.376 e. The van der Waals surface area contributed by atoms with E-state index in [1.807, 2.05) is 0 Å². The molecule has 2 saturated heterocycles. The first kappa shape index (κ1) is 9.07. The lowest BCUT2D eigenvalue weighted by Gasteiger charge is -2.44. The molecule has 0 saturated carbocycles. The first-order valence-corrected chi connectivity index (χ1v) is 5.28. The van der Waals surface area contributed by atoms with Crippen molar-refractivity contribution in [3.8, 4) is 0 Å². The molecule has 2 nitrogen and oxygen atoms in total. The average Bonchev–Trinajstić information content (AvgIpc) is 2.40. The molecule has 2 rings (SSSR count). The average molecular weight is 180 g/mol. The molecule has 13 heavy (non-hydrogen) atoms. The van der Waals surface area contributed by atoms with Crippen LogP contribution in [0.25, 0.3) is 0 Å². The second-order valence-electron chi connectivity index (χ2n) is 4.66. The van der Waals surface area contributed by atoms with Gasteiger partial charge in [-0.25, -0.2) is 0 Å². The molecule has 0 aliphatic carbocycles. The first-order chi connectivity index (χ1) is 6.11. The smallest absolute Gasteiger partial charge is 0.0497 e. The van der Waals surface area contributed by atoms with Gasteiger partial charge < -0.3 is 4.90 Å². The summed E-state index contributed by atoms with van der Waals surface area (Å²) in [6.07, 6.45) is 2.66. The molecular formula is C11H20N2. The van der Waals surface area contributed by atoms with Gasteiger partial charge in [-0.2, -0.15) is 0 Å². The van der Waals surface area contributed by atoms with E-state index in [-0.39, 0.29) is 0 Å². The van der Waals surface area contributed by atoms with E-state index in [1.165, 1.54) is 25.1 Å². The Hall–Kier alpha value is -0.500. The molecule has 0 amide bonds. The first-order valence-electron chi connectivity index (χ1n) is 5.28. The zero-order chi connectivity index (χ0) is 9.59. The summed E-state index contributed by atoms with van der Waals surface area (Å²) in [6.45, 7) is 9.96. The van der Waals surface area contributed by atoms with Crippen LogP contribution < -0.4 is 0 Å². The van der Waals surface area contributed by atoms with E-state index in [2.05, 4.69) is 37.3 Å². The molecule has 0 aromatic heterocycles. The summed E-state index contributed by atoms with van der Waals surface area (Å²) in [5.74, 6) is 0. The van der Waals surface area contributed by atoms with Crippen LogP contribution >= 0.6 is 0 Å². The largest absolute Gasteiger partial charge is 0.376 e. The Bertz CT molecular complexity index is 222. The maximum absolute atomic E-state index is 4.19. The fourth-order valence-electron chi connectivity index (χ4n) is 2.90. The number of rotatable bonds is 1. The maximum Gasteiger partial charge on any atom is 0.0497 e. The van der Waals surface area contributed by atoms with Gasteiger partial charge in [-0.1, -0.05) is 6.58 Å². The molecule has 2 atom stereocenters. The Morgan fingerprint density at radius 3 is 2.69 bits per heavy atom. The molecule has 2 fully saturated rings. The second kappa shape index (κ2) is 3.02. The predicted octanol–water partition coefficient (Wildman–Crippen LogP) is 1.69. The number of likely N-dealkylation sites (N-methyl/N-ethyl adjacent to an activating group) is 1. The van der Waals surface area contributed by atoms with Crippen LogP contribution in [0.5, 0.6) is 0 Å². The molecule has 0 aromatic carbocycles. The van der Waals surface area contributed by atoms with Gasteiger partial charge in [0.05, 0.1) is 0 Å². The normalized spacial score (nSPS) is 34.8. The number of hydrogen-bond donors (Lipinski definition) is 0. The highest BCUT2D eigenvalue weighted by Gasteiger charge is 2.41. The standard InChI is InChI=1S/C11H20N2/c1-8(2)13-10-5-6-11(13)9(3)12(4)7-10/h8,10-11H,3,5-7H2,1-2,4H3. The van der Waals surface area contributed by atoms with Crippen LogP contribution in [0.2, 0.25) is 0 Å². The van der Waals surface area contributed by atoms with Crippen molar-refractivity contribution >= 4 is 0 Å². The number of likely N-dealkylation sites (tertiary alicyclic amines) is 1. The molecule has 2 aliphatic heterocycles. The molecule has 0 aromatic rings. The third-order valence-corrected chi connectivity index (χ3v) is 3.51. The fourth-order valence-corrected chi connectivity index (χ4v) is 2.90. The van der Waals surface area contributed by atoms with Crippen molar-refractivity contribution in [2.75, 3.05) is 13.6 Å². The number of hydrogen-bond acceptors (Lipinski definition) is 2. The molecule has 2 unspecified atom stereocenters. The Morgan fingerprint density at radius 2 is 2.08 bits per heavy atom. The van der Waals surface area contributed by atoms with Crippen molar-refractivity contribution < 1.29 is 0 Å². The summed E-state index contributed by atoms with van der Waals surface area (Å²) in [5, 5.41) is 0. The van der Waals surface area contributed by atoms with E-state index in [0.29, 0.717) is 12.1 Å². The molecule has 0 spiro atoms. The summed E-state index contributed by atoms with van der Waals surface area (Å²) in [5.41, 5.74) is 1.32. The fraction of sp³-hybridized carbons (Fsp3) is 0.818. The van der Waals surface area contributed by atoms with E-state index < -0.39 is 0 Å². The molecular weight excluding hydrogens is 160 g/mol. The third-order valence-electron chi connectivity index (χ3n) is 3.51. The monoisotopic (exact) mass is 180 g/mol. The van der Waals surface area contributed by atoms with Crippen LogP contribution in [0.1, 0.15) is 26.7 Å². The minimum atomic E-state index is 0.628. The van der Waals surface area contributed by atoms with Crippen LogP contribution in [0, 0.1) is 0 Å². The topological polar surface area (TPSA) is 6.48 Å². The van der Waals surface area contributed by atoms with Crippen LogP contribution in [0.4, 0.5) is 0 Å². The van der Waals surface area contributed by atoms with Gasteiger partial charge in [-0.15, -0.1) is 0 Å². The molecule has 0 N–H and O–H groups in total. The van der Waals surface area contributed by atoms with Gasteiger partial charge in [0.2, 0.25) is 0 Å². The summed E-state index contributed by atoms with van der Waals surface area (Å²) in [7, 11) is 2.17. The summed E-state index contributed by atoms with van der Waals surface area (Å²) in [4.78, 5) is 4.98. The highest BCUT2D eigenvalue weighted by atomic mass is 15.3. The highest BCUT2D eigenvalue weighted by Crippen LogP contribution is 2.36. The number of nitrogens with zero attached hydrogens (tertiary/aromatic N) is 2. The van der Waals surface area contributed by atoms with Gasteiger partial charge in [-0.05, 0) is 26.7 Å². The van der Waals surface area contributed by atoms with Gasteiger partial charge in [0.15, 0.2) is 0 Å². The number of fused-ring (bicyclic) bond motifs is 2. The maximum atomic E-state index is 4.19. The molecule has 2 heteroatoms. The van der Waals surface area contributed by atoms with Crippen molar-refractivity contribution in [3.05, 3.63) is 12.3 Å². The zero-order valence-corrected chi connectivity index (χ0v) is 8.95. The van der Waals surface area contributed by atoms with Crippen molar-refractivity contribution in [2.45, 2.75) is 44.8 Å². The van der Waals surface area contributed by atoms with Crippen molar-refractivity contribution in [3.63, 3.8) is 0 Å². The van der Waals surface area contributed by atoms with Crippen LogP contribution in [0.3, 0.4) is 0 Å². The Labute approximate surface area is 81.2 Å². The van der Waals surface area contributed by atoms with E-state index in [1.54, 1.807) is 0 Å².